The summed E-state index contributed by atoms with van der Waals surface area (Å²) in [5.74, 6) is 3.14. The zero-order valence-corrected chi connectivity index (χ0v) is 30.1. The highest BCUT2D eigenvalue weighted by Gasteiger charge is 2.53. The van der Waals surface area contributed by atoms with Crippen molar-refractivity contribution in [3.8, 4) is 0 Å². The Morgan fingerprint density at radius 3 is 2.06 bits per heavy atom. The summed E-state index contributed by atoms with van der Waals surface area (Å²) in [6.45, 7) is 29.5. The van der Waals surface area contributed by atoms with Crippen molar-refractivity contribution in [2.24, 2.45) is 50.7 Å². The molecule has 0 N–H and O–H groups in total. The van der Waals surface area contributed by atoms with Gasteiger partial charge in [-0.15, -0.1) is 0 Å². The Morgan fingerprint density at radius 1 is 0.861 bits per heavy atom. The van der Waals surface area contributed by atoms with Crippen LogP contribution < -0.4 is 0 Å². The van der Waals surface area contributed by atoms with Crippen molar-refractivity contribution in [3.05, 3.63) is 35.5 Å². The van der Waals surface area contributed by atoms with E-state index < -0.39 is 0 Å². The second-order valence-corrected chi connectivity index (χ2v) is 15.8. The van der Waals surface area contributed by atoms with Gasteiger partial charge in [-0.1, -0.05) is 119 Å². The molecule has 0 heterocycles. The second-order valence-electron chi connectivity index (χ2n) is 15.8. The first kappa shape index (κ1) is 32.9. The molecule has 3 aliphatic carbocycles. The van der Waals surface area contributed by atoms with Gasteiger partial charge in [0.1, 0.15) is 0 Å². The standard InChI is InChI=1S/C34H58.I2/c1-24-22-25(2)33(10,11)27(23-24)16-15-26-14-13-19-34(12)28(26)17-18-29(34)31(6,7)20-21-32(8,9)30(3,4)5;1-2/h15-16,20-21,24-25,28-29H,13-14,17-19,22-23H2,1-12H3;/b21-20+,26-15+,27-16-;/t24-,25-,28-,29+,34-;/m0./s1. The minimum absolute atomic E-state index is 0.202. The maximum absolute atomic E-state index is 2.65. The zero-order chi connectivity index (χ0) is 27.7. The van der Waals surface area contributed by atoms with Crippen molar-refractivity contribution in [2.45, 2.75) is 128 Å². The monoisotopic (exact) mass is 720 g/mol. The third-order valence-corrected chi connectivity index (χ3v) is 11.6. The molecule has 3 aliphatic rings. The van der Waals surface area contributed by atoms with Crippen LogP contribution in [0.2, 0.25) is 0 Å². The predicted octanol–water partition coefficient (Wildman–Crippen LogP) is 12.6. The first-order valence-corrected chi connectivity index (χ1v) is 20.9. The molecule has 0 nitrogen and oxygen atoms in total. The van der Waals surface area contributed by atoms with Crippen LogP contribution in [0.25, 0.3) is 0 Å². The van der Waals surface area contributed by atoms with Crippen LogP contribution >= 0.6 is 37.2 Å². The summed E-state index contributed by atoms with van der Waals surface area (Å²) >= 11 is 4.24. The number of allylic oxidation sites excluding steroid dienone is 6. The van der Waals surface area contributed by atoms with Crippen molar-refractivity contribution in [1.82, 2.24) is 0 Å². The number of fused-ring (bicyclic) bond motifs is 1. The molecule has 208 valence electrons. The first-order chi connectivity index (χ1) is 16.4. The molecule has 3 saturated carbocycles. The molecule has 0 aromatic heterocycles. The fourth-order valence-electron chi connectivity index (χ4n) is 7.68. The molecule has 0 aliphatic heterocycles. The number of hydrogen-bond donors (Lipinski definition) is 0. The lowest BCUT2D eigenvalue weighted by Gasteiger charge is -2.48. The van der Waals surface area contributed by atoms with Crippen molar-refractivity contribution in [3.63, 3.8) is 0 Å². The Labute approximate surface area is 249 Å². The molecule has 5 atom stereocenters. The van der Waals surface area contributed by atoms with Crippen LogP contribution in [-0.2, 0) is 0 Å². The van der Waals surface area contributed by atoms with E-state index in [-0.39, 0.29) is 16.2 Å². The van der Waals surface area contributed by atoms with E-state index in [1.165, 1.54) is 44.9 Å². The minimum Gasteiger partial charge on any atom is -0.0820 e. The molecule has 0 bridgehead atoms. The summed E-state index contributed by atoms with van der Waals surface area (Å²) in [5.41, 5.74) is 4.95. The van der Waals surface area contributed by atoms with Crippen LogP contribution in [0.5, 0.6) is 0 Å². The molecule has 3 fully saturated rings. The Balaban J connectivity index is 0.00000222. The fraction of sp³-hybridized carbons (Fsp3) is 0.824. The van der Waals surface area contributed by atoms with Gasteiger partial charge in [-0.2, -0.15) is 0 Å². The Bertz CT molecular complexity index is 832. The van der Waals surface area contributed by atoms with E-state index in [0.717, 1.165) is 23.7 Å². The van der Waals surface area contributed by atoms with E-state index in [2.05, 4.69) is 145 Å². The van der Waals surface area contributed by atoms with E-state index in [1.54, 1.807) is 11.1 Å². The van der Waals surface area contributed by atoms with Crippen LogP contribution in [-0.4, -0.2) is 0 Å². The van der Waals surface area contributed by atoms with Crippen LogP contribution in [0.15, 0.2) is 35.5 Å². The summed E-state index contributed by atoms with van der Waals surface area (Å²) in [4.78, 5) is 0. The summed E-state index contributed by atoms with van der Waals surface area (Å²) in [6.07, 6.45) is 19.8. The third-order valence-electron chi connectivity index (χ3n) is 11.6. The summed E-state index contributed by atoms with van der Waals surface area (Å²) in [6, 6.07) is 0. The summed E-state index contributed by atoms with van der Waals surface area (Å²) < 4.78 is 0. The highest BCUT2D eigenvalue weighted by atomic mass is 128. The Hall–Kier alpha value is 0.680. The lowest BCUT2D eigenvalue weighted by molar-refractivity contribution is 0.0705. The Morgan fingerprint density at radius 2 is 1.47 bits per heavy atom. The fourth-order valence-corrected chi connectivity index (χ4v) is 7.68. The average Bonchev–Trinajstić information content (AvgIpc) is 3.13. The van der Waals surface area contributed by atoms with Gasteiger partial charge in [0.2, 0.25) is 0 Å². The molecule has 3 rings (SSSR count). The lowest BCUT2D eigenvalue weighted by Crippen LogP contribution is -2.39. The predicted molar refractivity (Wildman–Crippen MR) is 180 cm³/mol. The lowest BCUT2D eigenvalue weighted by atomic mass is 9.57. The van der Waals surface area contributed by atoms with Gasteiger partial charge in [-0.05, 0) is 95.7 Å². The third kappa shape index (κ3) is 6.87. The Kier molecular flexibility index (Phi) is 11.0. The van der Waals surface area contributed by atoms with Gasteiger partial charge in [0.05, 0.1) is 0 Å². The molecule has 0 aromatic rings. The van der Waals surface area contributed by atoms with Gasteiger partial charge < -0.3 is 0 Å². The molecule has 0 spiro atoms. The zero-order valence-electron chi connectivity index (χ0n) is 25.8. The van der Waals surface area contributed by atoms with E-state index in [9.17, 15) is 0 Å². The molecule has 0 aromatic carbocycles. The quantitative estimate of drug-likeness (QED) is 0.200. The molecule has 0 amide bonds. The smallest absolute Gasteiger partial charge is 0 e. The van der Waals surface area contributed by atoms with Crippen molar-refractivity contribution in [2.75, 3.05) is 0 Å². The highest BCUT2D eigenvalue weighted by molar-refractivity contribution is 15.0. The van der Waals surface area contributed by atoms with Crippen LogP contribution in [0.1, 0.15) is 128 Å². The van der Waals surface area contributed by atoms with Gasteiger partial charge in [-0.3, -0.25) is 0 Å². The molecular weight excluding hydrogens is 662 g/mol. The number of rotatable bonds is 4. The van der Waals surface area contributed by atoms with Gasteiger partial charge in [-0.25, -0.2) is 0 Å². The van der Waals surface area contributed by atoms with Gasteiger partial charge in [0.25, 0.3) is 0 Å². The average molecular weight is 721 g/mol. The SMILES string of the molecule is C[C@@H]1C/C(=C/C=C2\CCC[C@]3(C)[C@@H](C(C)(C)/C=C/C(C)(C)C(C)(C)C)CC[C@@H]23)C(C)(C)[C@@H](C)C1.II. The number of hydrogen-bond acceptors (Lipinski definition) is 0. The second kappa shape index (κ2) is 12.0. The normalized spacial score (nSPS) is 35.6. The molecular formula is C34H58I2. The van der Waals surface area contributed by atoms with E-state index >= 15 is 0 Å². The molecule has 0 unspecified atom stereocenters. The van der Waals surface area contributed by atoms with Gasteiger partial charge in [0.15, 0.2) is 0 Å². The van der Waals surface area contributed by atoms with E-state index in [0.29, 0.717) is 10.8 Å². The minimum atomic E-state index is 0.202. The van der Waals surface area contributed by atoms with Crippen molar-refractivity contribution < 1.29 is 0 Å². The summed E-state index contributed by atoms with van der Waals surface area (Å²) in [7, 11) is 0. The van der Waals surface area contributed by atoms with Crippen LogP contribution in [0.4, 0.5) is 0 Å². The van der Waals surface area contributed by atoms with E-state index in [1.807, 2.05) is 0 Å². The van der Waals surface area contributed by atoms with Crippen molar-refractivity contribution in [1.29, 1.82) is 0 Å². The first-order valence-electron chi connectivity index (χ1n) is 14.7. The topological polar surface area (TPSA) is 0 Å². The molecule has 0 radical (unpaired) electrons. The highest BCUT2D eigenvalue weighted by Crippen LogP contribution is 2.62. The van der Waals surface area contributed by atoms with Gasteiger partial charge >= 0.3 is 0 Å². The summed E-state index contributed by atoms with van der Waals surface area (Å²) in [5, 5.41) is 0. The molecule has 0 saturated heterocycles. The molecule has 36 heavy (non-hydrogen) atoms. The maximum atomic E-state index is 2.65. The number of halogens is 2. The van der Waals surface area contributed by atoms with Gasteiger partial charge in [0, 0.05) is 37.2 Å². The van der Waals surface area contributed by atoms with Crippen LogP contribution in [0.3, 0.4) is 0 Å². The molecule has 2 heteroatoms. The van der Waals surface area contributed by atoms with Crippen molar-refractivity contribution >= 4 is 37.2 Å². The van der Waals surface area contributed by atoms with Crippen LogP contribution in [0, 0.1) is 50.7 Å². The van der Waals surface area contributed by atoms with E-state index in [4.69, 9.17) is 0 Å². The largest absolute Gasteiger partial charge is 0.0820 e. The maximum Gasteiger partial charge on any atom is 0 e.